The molecule has 0 aliphatic rings. The number of aryl methyl sites for hydroxylation is 2. The predicted octanol–water partition coefficient (Wildman–Crippen LogP) is 3.15. The number of hydrogen-bond donors (Lipinski definition) is 1. The zero-order valence-electron chi connectivity index (χ0n) is 10.5. The summed E-state index contributed by atoms with van der Waals surface area (Å²) >= 11 is 5.90. The fraction of sp³-hybridized carbons (Fsp3) is 0.154. The van der Waals surface area contributed by atoms with Gasteiger partial charge in [0, 0.05) is 5.69 Å². The maximum atomic E-state index is 12.2. The van der Waals surface area contributed by atoms with Crippen LogP contribution in [0.2, 0.25) is 5.02 Å². The SMILES string of the molecule is Cc1cc(C)nc(NS(=O)(=O)c2ccccc2Cl)c1. The quantitative estimate of drug-likeness (QED) is 0.946. The van der Waals surface area contributed by atoms with Gasteiger partial charge in [0.15, 0.2) is 0 Å². The summed E-state index contributed by atoms with van der Waals surface area (Å²) in [4.78, 5) is 4.18. The van der Waals surface area contributed by atoms with Crippen molar-refractivity contribution in [2.75, 3.05) is 4.72 Å². The summed E-state index contributed by atoms with van der Waals surface area (Å²) in [5.41, 5.74) is 1.68. The van der Waals surface area contributed by atoms with E-state index >= 15 is 0 Å². The number of aromatic nitrogens is 1. The van der Waals surface area contributed by atoms with Gasteiger partial charge in [0.05, 0.1) is 5.02 Å². The Labute approximate surface area is 117 Å². The van der Waals surface area contributed by atoms with Gasteiger partial charge in [-0.3, -0.25) is 4.72 Å². The molecule has 2 aromatic rings. The van der Waals surface area contributed by atoms with Crippen LogP contribution in [0.1, 0.15) is 11.3 Å². The van der Waals surface area contributed by atoms with Gasteiger partial charge in [0.25, 0.3) is 10.0 Å². The van der Waals surface area contributed by atoms with E-state index in [2.05, 4.69) is 9.71 Å². The van der Waals surface area contributed by atoms with Crippen LogP contribution >= 0.6 is 11.6 Å². The van der Waals surface area contributed by atoms with Crippen molar-refractivity contribution in [3.63, 3.8) is 0 Å². The van der Waals surface area contributed by atoms with E-state index in [1.807, 2.05) is 13.0 Å². The molecule has 100 valence electrons. The molecule has 0 aliphatic heterocycles. The monoisotopic (exact) mass is 296 g/mol. The van der Waals surface area contributed by atoms with Gasteiger partial charge in [-0.05, 0) is 43.7 Å². The van der Waals surface area contributed by atoms with Crippen LogP contribution < -0.4 is 4.72 Å². The first kappa shape index (κ1) is 13.8. The van der Waals surface area contributed by atoms with E-state index in [-0.39, 0.29) is 15.7 Å². The Morgan fingerprint density at radius 1 is 1.16 bits per heavy atom. The predicted molar refractivity (Wildman–Crippen MR) is 76.0 cm³/mol. The molecule has 0 saturated heterocycles. The van der Waals surface area contributed by atoms with E-state index in [1.165, 1.54) is 12.1 Å². The highest BCUT2D eigenvalue weighted by Gasteiger charge is 2.18. The molecule has 0 amide bonds. The number of anilines is 1. The van der Waals surface area contributed by atoms with Gasteiger partial charge < -0.3 is 0 Å². The summed E-state index contributed by atoms with van der Waals surface area (Å²) in [5, 5.41) is 0.180. The third-order valence-corrected chi connectivity index (χ3v) is 4.32. The van der Waals surface area contributed by atoms with Gasteiger partial charge in [0.1, 0.15) is 10.7 Å². The molecule has 0 unspecified atom stereocenters. The fourth-order valence-corrected chi connectivity index (χ4v) is 3.26. The molecular formula is C13H13ClN2O2S. The van der Waals surface area contributed by atoms with E-state index in [9.17, 15) is 8.42 Å². The molecule has 1 heterocycles. The van der Waals surface area contributed by atoms with Crippen molar-refractivity contribution in [1.82, 2.24) is 4.98 Å². The largest absolute Gasteiger partial charge is 0.264 e. The highest BCUT2D eigenvalue weighted by Crippen LogP contribution is 2.23. The van der Waals surface area contributed by atoms with E-state index in [4.69, 9.17) is 11.6 Å². The standard InChI is InChI=1S/C13H13ClN2O2S/c1-9-7-10(2)15-13(8-9)16-19(17,18)12-6-4-3-5-11(12)14/h3-8H,1-2H3,(H,15,16). The van der Waals surface area contributed by atoms with Crippen LogP contribution in [0.4, 0.5) is 5.82 Å². The van der Waals surface area contributed by atoms with Crippen molar-refractivity contribution in [1.29, 1.82) is 0 Å². The second kappa shape index (κ2) is 5.19. The second-order valence-electron chi connectivity index (χ2n) is 4.21. The maximum absolute atomic E-state index is 12.2. The van der Waals surface area contributed by atoms with E-state index < -0.39 is 10.0 Å². The number of pyridine rings is 1. The molecule has 6 heteroatoms. The first-order valence-corrected chi connectivity index (χ1v) is 7.47. The molecular weight excluding hydrogens is 284 g/mol. The third kappa shape index (κ3) is 3.24. The van der Waals surface area contributed by atoms with E-state index in [1.54, 1.807) is 25.1 Å². The number of benzene rings is 1. The summed E-state index contributed by atoms with van der Waals surface area (Å²) in [5.74, 6) is 0.289. The highest BCUT2D eigenvalue weighted by molar-refractivity contribution is 7.92. The first-order chi connectivity index (χ1) is 8.88. The van der Waals surface area contributed by atoms with E-state index in [0.717, 1.165) is 11.3 Å². The maximum Gasteiger partial charge on any atom is 0.264 e. The lowest BCUT2D eigenvalue weighted by atomic mass is 10.2. The molecule has 1 N–H and O–H groups in total. The lowest BCUT2D eigenvalue weighted by molar-refractivity contribution is 0.601. The van der Waals surface area contributed by atoms with Crippen molar-refractivity contribution in [2.45, 2.75) is 18.7 Å². The molecule has 2 rings (SSSR count). The molecule has 0 atom stereocenters. The van der Waals surface area contributed by atoms with Crippen molar-refractivity contribution < 1.29 is 8.42 Å². The number of nitrogens with zero attached hydrogens (tertiary/aromatic N) is 1. The molecule has 0 spiro atoms. The van der Waals surface area contributed by atoms with Crippen LogP contribution in [-0.2, 0) is 10.0 Å². The Morgan fingerprint density at radius 2 is 1.84 bits per heavy atom. The molecule has 1 aromatic heterocycles. The van der Waals surface area contributed by atoms with Crippen LogP contribution in [0.25, 0.3) is 0 Å². The summed E-state index contributed by atoms with van der Waals surface area (Å²) in [6.07, 6.45) is 0. The second-order valence-corrected chi connectivity index (χ2v) is 6.27. The smallest absolute Gasteiger partial charge is 0.263 e. The Morgan fingerprint density at radius 3 is 2.47 bits per heavy atom. The van der Waals surface area contributed by atoms with Crippen molar-refractivity contribution in [3.05, 3.63) is 52.7 Å². The van der Waals surface area contributed by atoms with E-state index in [0.29, 0.717) is 0 Å². The van der Waals surface area contributed by atoms with Gasteiger partial charge >= 0.3 is 0 Å². The van der Waals surface area contributed by atoms with Crippen LogP contribution in [-0.4, -0.2) is 13.4 Å². The van der Waals surface area contributed by atoms with Crippen molar-refractivity contribution in [2.24, 2.45) is 0 Å². The molecule has 0 saturated carbocycles. The van der Waals surface area contributed by atoms with Crippen LogP contribution in [0.15, 0.2) is 41.3 Å². The van der Waals surface area contributed by atoms with Crippen LogP contribution in [0, 0.1) is 13.8 Å². The molecule has 0 radical (unpaired) electrons. The number of nitrogens with one attached hydrogen (secondary N) is 1. The first-order valence-electron chi connectivity index (χ1n) is 5.61. The van der Waals surface area contributed by atoms with Crippen LogP contribution in [0.3, 0.4) is 0 Å². The average molecular weight is 297 g/mol. The zero-order valence-corrected chi connectivity index (χ0v) is 12.1. The molecule has 4 nitrogen and oxygen atoms in total. The van der Waals surface area contributed by atoms with Gasteiger partial charge in [-0.15, -0.1) is 0 Å². The Kier molecular flexibility index (Phi) is 3.78. The van der Waals surface area contributed by atoms with Crippen molar-refractivity contribution >= 4 is 27.4 Å². The zero-order chi connectivity index (χ0) is 14.0. The molecule has 0 aliphatic carbocycles. The molecule has 0 fully saturated rings. The third-order valence-electron chi connectivity index (χ3n) is 2.46. The Hall–Kier alpha value is -1.59. The van der Waals surface area contributed by atoms with Crippen LogP contribution in [0.5, 0.6) is 0 Å². The van der Waals surface area contributed by atoms with Gasteiger partial charge in [-0.2, -0.15) is 0 Å². The number of halogens is 1. The molecule has 19 heavy (non-hydrogen) atoms. The molecule has 0 bridgehead atoms. The highest BCUT2D eigenvalue weighted by atomic mass is 35.5. The molecule has 1 aromatic carbocycles. The normalized spacial score (nSPS) is 11.3. The number of hydrogen-bond acceptors (Lipinski definition) is 3. The average Bonchev–Trinajstić information content (AvgIpc) is 2.26. The van der Waals surface area contributed by atoms with Gasteiger partial charge in [0.2, 0.25) is 0 Å². The van der Waals surface area contributed by atoms with Gasteiger partial charge in [-0.1, -0.05) is 23.7 Å². The Bertz CT molecular complexity index is 694. The fourth-order valence-electron chi connectivity index (χ4n) is 1.75. The number of sulfonamides is 1. The lowest BCUT2D eigenvalue weighted by Crippen LogP contribution is -2.14. The van der Waals surface area contributed by atoms with Crippen molar-refractivity contribution in [3.8, 4) is 0 Å². The summed E-state index contributed by atoms with van der Waals surface area (Å²) in [6, 6.07) is 9.82. The lowest BCUT2D eigenvalue weighted by Gasteiger charge is -2.09. The summed E-state index contributed by atoms with van der Waals surface area (Å²) in [7, 11) is -3.72. The number of rotatable bonds is 3. The topological polar surface area (TPSA) is 59.1 Å². The summed E-state index contributed by atoms with van der Waals surface area (Å²) in [6.45, 7) is 3.68. The summed E-state index contributed by atoms with van der Waals surface area (Å²) < 4.78 is 26.9. The minimum absolute atomic E-state index is 0.0395. The minimum Gasteiger partial charge on any atom is -0.263 e. The van der Waals surface area contributed by atoms with Gasteiger partial charge in [-0.25, -0.2) is 13.4 Å². The minimum atomic E-state index is -3.72. The Balaban J connectivity index is 2.39.